The van der Waals surface area contributed by atoms with Crippen molar-refractivity contribution in [2.75, 3.05) is 27.3 Å². The van der Waals surface area contributed by atoms with Crippen LogP contribution >= 0.6 is 0 Å². The maximum absolute atomic E-state index is 12.2. The molecule has 7 nitrogen and oxygen atoms in total. The molecule has 0 bridgehead atoms. The molecule has 0 heterocycles. The van der Waals surface area contributed by atoms with Crippen LogP contribution in [0.1, 0.15) is 85.0 Å². The van der Waals surface area contributed by atoms with Crippen molar-refractivity contribution in [2.45, 2.75) is 85.0 Å². The fourth-order valence-electron chi connectivity index (χ4n) is 8.48. The highest BCUT2D eigenvalue weighted by Gasteiger charge is 2.60. The molecule has 0 aromatic carbocycles. The number of hydrogen-bond donors (Lipinski definition) is 1. The Labute approximate surface area is 204 Å². The Bertz CT molecular complexity index is 755. The predicted molar refractivity (Wildman–Crippen MR) is 130 cm³/mol. The monoisotopic (exact) mass is 479 g/mol. The molecule has 1 amide bonds. The summed E-state index contributed by atoms with van der Waals surface area (Å²) in [6.45, 7) is 7.10. The van der Waals surface area contributed by atoms with Crippen molar-refractivity contribution in [3.8, 4) is 0 Å². The molecule has 34 heavy (non-hydrogen) atoms. The molecule has 0 aromatic heterocycles. The fraction of sp³-hybridized carbons (Fsp3) is 0.889. The average Bonchev–Trinajstić information content (AvgIpc) is 3.15. The molecular weight excluding hydrogens is 434 g/mol. The Hall–Kier alpha value is -1.79. The van der Waals surface area contributed by atoms with Gasteiger partial charge in [-0.05, 0) is 92.8 Å². The topological polar surface area (TPSA) is 93.1 Å². The summed E-state index contributed by atoms with van der Waals surface area (Å²) in [5.74, 6) is 4.60. The maximum atomic E-state index is 12.2. The number of likely N-dealkylation sites (N-methyl/N-ethyl adjacent to an activating group) is 1. The molecule has 0 spiro atoms. The van der Waals surface area contributed by atoms with Crippen LogP contribution in [-0.2, 0) is 14.3 Å². The zero-order valence-corrected chi connectivity index (χ0v) is 21.8. The van der Waals surface area contributed by atoms with Gasteiger partial charge in [-0.15, -0.1) is 0 Å². The van der Waals surface area contributed by atoms with Crippen LogP contribution < -0.4 is 0 Å². The Morgan fingerprint density at radius 3 is 2.29 bits per heavy atom. The normalized spacial score (nSPS) is 38.2. The Balaban J connectivity index is 0.000000232. The maximum Gasteiger partial charge on any atom is 0.505 e. The molecule has 4 saturated carbocycles. The van der Waals surface area contributed by atoms with Crippen LogP contribution in [0.25, 0.3) is 0 Å². The van der Waals surface area contributed by atoms with Crippen LogP contribution in [0.2, 0.25) is 0 Å². The van der Waals surface area contributed by atoms with Crippen LogP contribution in [0.5, 0.6) is 0 Å². The standard InChI is InChI=1S/C21H34O.C6H11NO5/c1-14(22)17-9-10-18-16-8-7-15-6-4-5-12-20(15,2)19(16)11-13-21(17,18)3;1-7(5(8)11-2)3-4-12-6(9)10/h15-19H,4-13H2,1-3H3;3-4H2,1-2H3,(H,9,10)/t15?,16-,17+,18?,19?,20-,21+;/m0./s1. The molecule has 7 heteroatoms. The predicted octanol–water partition coefficient (Wildman–Crippen LogP) is 6.00. The van der Waals surface area contributed by atoms with Gasteiger partial charge in [-0.3, -0.25) is 4.79 Å². The minimum atomic E-state index is -1.35. The number of nitrogens with zero attached hydrogens (tertiary/aromatic N) is 1. The van der Waals surface area contributed by atoms with Crippen molar-refractivity contribution >= 4 is 18.0 Å². The number of carbonyl (C=O) groups excluding carboxylic acids is 2. The first-order valence-electron chi connectivity index (χ1n) is 13.2. The summed E-state index contributed by atoms with van der Waals surface area (Å²) in [5, 5.41) is 8.07. The van der Waals surface area contributed by atoms with Crippen LogP contribution in [0.15, 0.2) is 0 Å². The first kappa shape index (κ1) is 26.8. The highest BCUT2D eigenvalue weighted by Crippen LogP contribution is 2.67. The Morgan fingerprint density at radius 1 is 0.941 bits per heavy atom. The summed E-state index contributed by atoms with van der Waals surface area (Å²) in [4.78, 5) is 33.9. The third-order valence-electron chi connectivity index (χ3n) is 10.2. The van der Waals surface area contributed by atoms with Gasteiger partial charge in [0.05, 0.1) is 13.7 Å². The van der Waals surface area contributed by atoms with Crippen LogP contribution in [0.4, 0.5) is 9.59 Å². The van der Waals surface area contributed by atoms with E-state index in [0.717, 1.165) is 23.7 Å². The molecule has 0 aromatic rings. The first-order chi connectivity index (χ1) is 16.0. The van der Waals surface area contributed by atoms with E-state index in [0.29, 0.717) is 22.5 Å². The second-order valence-corrected chi connectivity index (χ2v) is 11.7. The summed E-state index contributed by atoms with van der Waals surface area (Å²) in [5.41, 5.74) is 0.974. The van der Waals surface area contributed by atoms with E-state index in [2.05, 4.69) is 23.3 Å². The molecular formula is C27H45NO6. The highest BCUT2D eigenvalue weighted by molar-refractivity contribution is 5.79. The van der Waals surface area contributed by atoms with Crippen molar-refractivity contribution < 1.29 is 29.0 Å². The molecule has 3 unspecified atom stereocenters. The van der Waals surface area contributed by atoms with Gasteiger partial charge in [0.15, 0.2) is 0 Å². The lowest BCUT2D eigenvalue weighted by Crippen LogP contribution is -2.53. The van der Waals surface area contributed by atoms with E-state index in [1.54, 1.807) is 0 Å². The molecule has 4 aliphatic rings. The summed E-state index contributed by atoms with van der Waals surface area (Å²) >= 11 is 0. The number of ether oxygens (including phenoxy) is 2. The number of ketones is 1. The van der Waals surface area contributed by atoms with Crippen molar-refractivity contribution in [1.82, 2.24) is 4.90 Å². The van der Waals surface area contributed by atoms with Gasteiger partial charge in [0.1, 0.15) is 12.4 Å². The minimum absolute atomic E-state index is 0.0546. The van der Waals surface area contributed by atoms with Gasteiger partial charge < -0.3 is 19.5 Å². The zero-order chi connectivity index (χ0) is 25.1. The van der Waals surface area contributed by atoms with E-state index in [1.807, 2.05) is 6.92 Å². The molecule has 4 rings (SSSR count). The number of Topliss-reactive ketones (excluding diaryl/α,β-unsaturated/α-hetero) is 1. The third-order valence-corrected chi connectivity index (χ3v) is 10.2. The van der Waals surface area contributed by atoms with Crippen molar-refractivity contribution in [3.63, 3.8) is 0 Å². The minimum Gasteiger partial charge on any atom is -0.453 e. The van der Waals surface area contributed by atoms with Crippen LogP contribution in [0.3, 0.4) is 0 Å². The van der Waals surface area contributed by atoms with E-state index < -0.39 is 12.2 Å². The summed E-state index contributed by atoms with van der Waals surface area (Å²) in [7, 11) is 2.73. The average molecular weight is 480 g/mol. The lowest BCUT2D eigenvalue weighted by atomic mass is 9.45. The molecule has 4 fully saturated rings. The van der Waals surface area contributed by atoms with Gasteiger partial charge in [-0.1, -0.05) is 26.7 Å². The van der Waals surface area contributed by atoms with Crippen molar-refractivity contribution in [3.05, 3.63) is 0 Å². The quantitative estimate of drug-likeness (QED) is 0.497. The molecule has 1 N–H and O–H groups in total. The SMILES string of the molecule is CC(=O)[C@H]1CCC2[C@@H]3CCC4CCCC[C@]4(C)C3CC[C@@]21C.COC(=O)N(C)CCOC(=O)O. The number of carboxylic acid groups (broad SMARTS) is 1. The van der Waals surface area contributed by atoms with E-state index in [-0.39, 0.29) is 13.2 Å². The summed E-state index contributed by atoms with van der Waals surface area (Å²) in [6.07, 6.45) is 12.3. The molecule has 7 atom stereocenters. The molecule has 0 aliphatic heterocycles. The van der Waals surface area contributed by atoms with E-state index >= 15 is 0 Å². The largest absolute Gasteiger partial charge is 0.505 e. The van der Waals surface area contributed by atoms with Crippen molar-refractivity contribution in [1.29, 1.82) is 0 Å². The lowest BCUT2D eigenvalue weighted by Gasteiger charge is -2.60. The second-order valence-electron chi connectivity index (χ2n) is 11.7. The Morgan fingerprint density at radius 2 is 1.65 bits per heavy atom. The summed E-state index contributed by atoms with van der Waals surface area (Å²) in [6, 6.07) is 0. The van der Waals surface area contributed by atoms with Gasteiger partial charge in [0.25, 0.3) is 0 Å². The molecule has 4 aliphatic carbocycles. The second kappa shape index (κ2) is 10.9. The number of amides is 1. The van der Waals surface area contributed by atoms with Gasteiger partial charge in [-0.25, -0.2) is 9.59 Å². The zero-order valence-electron chi connectivity index (χ0n) is 21.8. The molecule has 194 valence electrons. The lowest BCUT2D eigenvalue weighted by molar-refractivity contribution is -0.133. The fourth-order valence-corrected chi connectivity index (χ4v) is 8.48. The van der Waals surface area contributed by atoms with E-state index in [1.165, 1.54) is 83.3 Å². The number of methoxy groups -OCH3 is 1. The van der Waals surface area contributed by atoms with Crippen LogP contribution in [0, 0.1) is 40.4 Å². The van der Waals surface area contributed by atoms with Gasteiger partial charge in [-0.2, -0.15) is 0 Å². The van der Waals surface area contributed by atoms with Gasteiger partial charge in [0.2, 0.25) is 0 Å². The van der Waals surface area contributed by atoms with Crippen LogP contribution in [-0.4, -0.2) is 55.3 Å². The number of rotatable bonds is 4. The highest BCUT2D eigenvalue weighted by atomic mass is 16.7. The van der Waals surface area contributed by atoms with Gasteiger partial charge >= 0.3 is 12.2 Å². The van der Waals surface area contributed by atoms with E-state index in [4.69, 9.17) is 5.11 Å². The number of hydrogen-bond acceptors (Lipinski definition) is 5. The third kappa shape index (κ3) is 5.23. The summed E-state index contributed by atoms with van der Waals surface area (Å²) < 4.78 is 8.53. The van der Waals surface area contributed by atoms with E-state index in [9.17, 15) is 14.4 Å². The number of carbonyl (C=O) groups is 3. The first-order valence-corrected chi connectivity index (χ1v) is 13.2. The Kier molecular flexibility index (Phi) is 8.56. The van der Waals surface area contributed by atoms with Crippen molar-refractivity contribution in [2.24, 2.45) is 40.4 Å². The number of fused-ring (bicyclic) bond motifs is 5. The smallest absolute Gasteiger partial charge is 0.453 e. The molecule has 0 saturated heterocycles. The molecule has 0 radical (unpaired) electrons. The van der Waals surface area contributed by atoms with Gasteiger partial charge in [0, 0.05) is 13.0 Å².